The second kappa shape index (κ2) is 10.8. The van der Waals surface area contributed by atoms with Crippen molar-refractivity contribution in [2.24, 2.45) is 5.92 Å². The van der Waals surface area contributed by atoms with Crippen LogP contribution in [0.1, 0.15) is 81.6 Å². The summed E-state index contributed by atoms with van der Waals surface area (Å²) in [5.41, 5.74) is 2.08. The Morgan fingerprint density at radius 3 is 2.32 bits per heavy atom. The molecule has 4 rings (SSSR count). The van der Waals surface area contributed by atoms with Gasteiger partial charge in [0.05, 0.1) is 6.10 Å². The number of likely N-dealkylation sites (tertiary alicyclic amines) is 1. The van der Waals surface area contributed by atoms with E-state index in [1.54, 1.807) is 0 Å². The van der Waals surface area contributed by atoms with Gasteiger partial charge in [-0.3, -0.25) is 4.90 Å². The van der Waals surface area contributed by atoms with Crippen LogP contribution in [-0.2, 0) is 5.72 Å². The van der Waals surface area contributed by atoms with Gasteiger partial charge in [-0.15, -0.1) is 0 Å². The first kappa shape index (κ1) is 25.2. The number of hydrogen-bond donors (Lipinski definition) is 2. The zero-order valence-electron chi connectivity index (χ0n) is 20.7. The Labute approximate surface area is 209 Å². The molecule has 3 nitrogen and oxygen atoms in total. The summed E-state index contributed by atoms with van der Waals surface area (Å²) in [7, 11) is 0. The van der Waals surface area contributed by atoms with Crippen LogP contribution >= 0.6 is 11.6 Å². The van der Waals surface area contributed by atoms with Crippen molar-refractivity contribution in [3.05, 3.63) is 82.4 Å². The zero-order chi connectivity index (χ0) is 24.3. The molecule has 0 radical (unpaired) electrons. The fourth-order valence-electron chi connectivity index (χ4n) is 5.29. The lowest BCUT2D eigenvalue weighted by Gasteiger charge is -2.43. The average Bonchev–Trinajstić information content (AvgIpc) is 2.86. The van der Waals surface area contributed by atoms with Crippen LogP contribution in [0.5, 0.6) is 0 Å². The summed E-state index contributed by atoms with van der Waals surface area (Å²) >= 11 is 6.13. The molecule has 3 aromatic carbocycles. The van der Waals surface area contributed by atoms with Crippen LogP contribution in [0.4, 0.5) is 0 Å². The van der Waals surface area contributed by atoms with E-state index in [2.05, 4.69) is 49.9 Å². The van der Waals surface area contributed by atoms with E-state index in [1.165, 1.54) is 12.0 Å². The van der Waals surface area contributed by atoms with Gasteiger partial charge in [-0.1, -0.05) is 87.3 Å². The van der Waals surface area contributed by atoms with Crippen molar-refractivity contribution in [1.29, 1.82) is 0 Å². The standard InChI is InChI=1S/C30H38ClNO2/c1-21(2)24-11-10-23-8-7-9-27(28(23)20-24)29(33)22(3)16-17-30(34,32-18-5-4-6-19-32)25-12-14-26(31)15-13-25/h7-15,20-22,29,33-34H,4-6,16-19H2,1-3H3. The van der Waals surface area contributed by atoms with Gasteiger partial charge in [-0.25, -0.2) is 0 Å². The van der Waals surface area contributed by atoms with Crippen molar-refractivity contribution in [3.63, 3.8) is 0 Å². The second-order valence-electron chi connectivity index (χ2n) is 10.3. The van der Waals surface area contributed by atoms with Crippen molar-refractivity contribution >= 4 is 22.4 Å². The third kappa shape index (κ3) is 5.33. The van der Waals surface area contributed by atoms with Gasteiger partial charge in [-0.2, -0.15) is 0 Å². The van der Waals surface area contributed by atoms with Crippen molar-refractivity contribution in [3.8, 4) is 0 Å². The van der Waals surface area contributed by atoms with Gasteiger partial charge >= 0.3 is 0 Å². The highest BCUT2D eigenvalue weighted by atomic mass is 35.5. The van der Waals surface area contributed by atoms with E-state index < -0.39 is 11.8 Å². The number of hydrogen-bond acceptors (Lipinski definition) is 3. The van der Waals surface area contributed by atoms with Gasteiger partial charge in [0.25, 0.3) is 0 Å². The highest BCUT2D eigenvalue weighted by molar-refractivity contribution is 6.30. The molecular formula is C30H38ClNO2. The molecule has 0 saturated carbocycles. The van der Waals surface area contributed by atoms with Gasteiger partial charge in [0.1, 0.15) is 5.72 Å². The Balaban J connectivity index is 1.57. The third-order valence-corrected chi connectivity index (χ3v) is 7.85. The van der Waals surface area contributed by atoms with E-state index in [1.807, 2.05) is 36.4 Å². The maximum absolute atomic E-state index is 12.0. The van der Waals surface area contributed by atoms with Crippen molar-refractivity contribution in [2.45, 2.75) is 70.6 Å². The van der Waals surface area contributed by atoms with Crippen LogP contribution in [0.3, 0.4) is 0 Å². The minimum absolute atomic E-state index is 0.00285. The number of benzene rings is 3. The van der Waals surface area contributed by atoms with E-state index in [9.17, 15) is 10.2 Å². The predicted molar refractivity (Wildman–Crippen MR) is 142 cm³/mol. The lowest BCUT2D eigenvalue weighted by atomic mass is 9.85. The summed E-state index contributed by atoms with van der Waals surface area (Å²) in [6.45, 7) is 8.26. The third-order valence-electron chi connectivity index (χ3n) is 7.60. The molecule has 0 aromatic heterocycles. The summed E-state index contributed by atoms with van der Waals surface area (Å²) in [6, 6.07) is 20.3. The maximum atomic E-state index is 12.0. The summed E-state index contributed by atoms with van der Waals surface area (Å²) in [5, 5.41) is 26.3. The molecule has 1 aliphatic heterocycles. The molecule has 1 saturated heterocycles. The summed E-state index contributed by atoms with van der Waals surface area (Å²) in [5.74, 6) is 0.433. The first-order valence-electron chi connectivity index (χ1n) is 12.7. The first-order chi connectivity index (χ1) is 16.3. The lowest BCUT2D eigenvalue weighted by Crippen LogP contribution is -2.49. The van der Waals surface area contributed by atoms with Gasteiger partial charge in [0.2, 0.25) is 0 Å². The lowest BCUT2D eigenvalue weighted by molar-refractivity contribution is -0.134. The fraction of sp³-hybridized carbons (Fsp3) is 0.467. The topological polar surface area (TPSA) is 43.7 Å². The van der Waals surface area contributed by atoms with Crippen molar-refractivity contribution < 1.29 is 10.2 Å². The summed E-state index contributed by atoms with van der Waals surface area (Å²) < 4.78 is 0. The molecule has 0 amide bonds. The quantitative estimate of drug-likeness (QED) is 0.353. The minimum atomic E-state index is -1.05. The van der Waals surface area contributed by atoms with Crippen molar-refractivity contribution in [1.82, 2.24) is 4.90 Å². The number of aliphatic hydroxyl groups is 2. The Hall–Kier alpha value is -1.91. The van der Waals surface area contributed by atoms with Crippen LogP contribution in [0.15, 0.2) is 60.7 Å². The van der Waals surface area contributed by atoms with E-state index in [4.69, 9.17) is 11.6 Å². The summed E-state index contributed by atoms with van der Waals surface area (Å²) in [4.78, 5) is 2.21. The number of nitrogens with zero attached hydrogens (tertiary/aromatic N) is 1. The molecule has 182 valence electrons. The summed E-state index contributed by atoms with van der Waals surface area (Å²) in [6.07, 6.45) is 4.08. The predicted octanol–water partition coefficient (Wildman–Crippen LogP) is 7.40. The average molecular weight is 480 g/mol. The normalized spacial score (nSPS) is 18.7. The molecule has 3 unspecified atom stereocenters. The van der Waals surface area contributed by atoms with E-state index in [0.717, 1.165) is 47.8 Å². The SMILES string of the molecule is CC(C)c1ccc2cccc(C(O)C(C)CCC(O)(c3ccc(Cl)cc3)N3CCCCC3)c2c1. The van der Waals surface area contributed by atoms with E-state index in [0.29, 0.717) is 23.8 Å². The van der Waals surface area contributed by atoms with Crippen LogP contribution < -0.4 is 0 Å². The molecule has 0 aliphatic carbocycles. The smallest absolute Gasteiger partial charge is 0.144 e. The number of aliphatic hydroxyl groups excluding tert-OH is 1. The fourth-order valence-corrected chi connectivity index (χ4v) is 5.42. The molecule has 1 fully saturated rings. The van der Waals surface area contributed by atoms with E-state index in [-0.39, 0.29) is 5.92 Å². The van der Waals surface area contributed by atoms with Crippen LogP contribution in [-0.4, -0.2) is 28.2 Å². The van der Waals surface area contributed by atoms with Crippen molar-refractivity contribution in [2.75, 3.05) is 13.1 Å². The maximum Gasteiger partial charge on any atom is 0.144 e. The van der Waals surface area contributed by atoms with Crippen LogP contribution in [0.2, 0.25) is 5.02 Å². The molecule has 3 aromatic rings. The number of rotatable bonds is 8. The Kier molecular flexibility index (Phi) is 7.99. The molecular weight excluding hydrogens is 442 g/mol. The minimum Gasteiger partial charge on any atom is -0.388 e. The number of halogens is 1. The molecule has 4 heteroatoms. The Morgan fingerprint density at radius 2 is 1.65 bits per heavy atom. The molecule has 2 N–H and O–H groups in total. The molecule has 0 spiro atoms. The van der Waals surface area contributed by atoms with Crippen LogP contribution in [0, 0.1) is 5.92 Å². The number of fused-ring (bicyclic) bond motifs is 1. The molecule has 1 aliphatic rings. The molecule has 0 bridgehead atoms. The zero-order valence-corrected chi connectivity index (χ0v) is 21.4. The first-order valence-corrected chi connectivity index (χ1v) is 13.1. The second-order valence-corrected chi connectivity index (χ2v) is 10.8. The Morgan fingerprint density at radius 1 is 0.941 bits per heavy atom. The van der Waals surface area contributed by atoms with Gasteiger partial charge in [0, 0.05) is 18.1 Å². The largest absolute Gasteiger partial charge is 0.388 e. The van der Waals surface area contributed by atoms with Crippen LogP contribution in [0.25, 0.3) is 10.8 Å². The molecule has 1 heterocycles. The van der Waals surface area contributed by atoms with Gasteiger partial charge in [-0.05, 0) is 77.1 Å². The van der Waals surface area contributed by atoms with Gasteiger partial charge < -0.3 is 10.2 Å². The Bertz CT molecular complexity index is 1090. The number of piperidine rings is 1. The molecule has 34 heavy (non-hydrogen) atoms. The van der Waals surface area contributed by atoms with E-state index >= 15 is 0 Å². The highest BCUT2D eigenvalue weighted by Gasteiger charge is 2.37. The molecule has 3 atom stereocenters. The highest BCUT2D eigenvalue weighted by Crippen LogP contribution is 2.38. The van der Waals surface area contributed by atoms with Gasteiger partial charge in [0.15, 0.2) is 0 Å². The monoisotopic (exact) mass is 479 g/mol.